The molecule has 1 aliphatic heterocycles. The summed E-state index contributed by atoms with van der Waals surface area (Å²) in [4.78, 5) is 37.4. The molecular weight excluding hydrogens is 395 g/mol. The van der Waals surface area contributed by atoms with Crippen molar-refractivity contribution in [2.24, 2.45) is 0 Å². The number of hydrogen-bond donors (Lipinski definition) is 1. The van der Waals surface area contributed by atoms with Gasteiger partial charge in [-0.05, 0) is 53.4 Å². The maximum absolute atomic E-state index is 13.4. The van der Waals surface area contributed by atoms with Crippen LogP contribution in [-0.4, -0.2) is 17.8 Å². The van der Waals surface area contributed by atoms with Gasteiger partial charge in [0.15, 0.2) is 0 Å². The molecule has 1 fully saturated rings. The van der Waals surface area contributed by atoms with Gasteiger partial charge in [0.25, 0.3) is 11.8 Å². The lowest BCUT2D eigenvalue weighted by atomic mass is 10.1. The van der Waals surface area contributed by atoms with E-state index in [1.165, 1.54) is 35.6 Å². The van der Waals surface area contributed by atoms with Crippen LogP contribution in [0.1, 0.15) is 15.2 Å². The summed E-state index contributed by atoms with van der Waals surface area (Å²) < 4.78 is 18.8. The third kappa shape index (κ3) is 3.92. The Kier molecular flexibility index (Phi) is 4.92. The molecule has 1 aliphatic rings. The molecule has 1 saturated heterocycles. The second-order valence-corrected chi connectivity index (χ2v) is 7.01. The first kappa shape index (κ1) is 18.6. The van der Waals surface area contributed by atoms with Crippen molar-refractivity contribution in [2.75, 3.05) is 5.01 Å². The molecule has 8 heteroatoms. The molecule has 0 atom stereocenters. The van der Waals surface area contributed by atoms with Crippen molar-refractivity contribution < 1.29 is 23.5 Å². The fraction of sp³-hybridized carbons (Fsp3) is 0. The smallest absolute Gasteiger partial charge is 0.353 e. The molecule has 0 bridgehead atoms. The molecule has 0 unspecified atom stereocenters. The molecule has 4 rings (SSSR count). The minimum Gasteiger partial charge on any atom is -0.422 e. The van der Waals surface area contributed by atoms with Gasteiger partial charge in [-0.3, -0.25) is 15.0 Å². The van der Waals surface area contributed by atoms with Crippen LogP contribution in [0.25, 0.3) is 6.08 Å². The third-order valence-electron chi connectivity index (χ3n) is 4.06. The quantitative estimate of drug-likeness (QED) is 0.310. The van der Waals surface area contributed by atoms with E-state index in [0.29, 0.717) is 10.4 Å². The van der Waals surface area contributed by atoms with Crippen molar-refractivity contribution in [1.82, 2.24) is 5.43 Å². The zero-order chi connectivity index (χ0) is 20.4. The number of halogens is 1. The number of carbonyl (C=O) groups is 3. The zero-order valence-corrected chi connectivity index (χ0v) is 15.6. The summed E-state index contributed by atoms with van der Waals surface area (Å²) >= 11 is 1.26. The summed E-state index contributed by atoms with van der Waals surface area (Å²) in [5.41, 5.74) is 3.01. The lowest BCUT2D eigenvalue weighted by Crippen LogP contribution is -2.35. The van der Waals surface area contributed by atoms with E-state index in [1.54, 1.807) is 41.8 Å². The Morgan fingerprint density at radius 2 is 1.90 bits per heavy atom. The molecule has 1 aromatic heterocycles. The number of benzene rings is 2. The van der Waals surface area contributed by atoms with Crippen molar-refractivity contribution in [2.45, 2.75) is 0 Å². The number of nitrogens with zero attached hydrogens (tertiary/aromatic N) is 1. The molecule has 29 heavy (non-hydrogen) atoms. The van der Waals surface area contributed by atoms with E-state index < -0.39 is 23.6 Å². The number of rotatable bonds is 4. The van der Waals surface area contributed by atoms with Crippen molar-refractivity contribution in [3.05, 3.63) is 87.9 Å². The van der Waals surface area contributed by atoms with Crippen LogP contribution in [0.4, 0.5) is 10.1 Å². The monoisotopic (exact) mass is 408 g/mol. The van der Waals surface area contributed by atoms with E-state index in [-0.39, 0.29) is 17.0 Å². The first-order valence-corrected chi connectivity index (χ1v) is 9.38. The highest BCUT2D eigenvalue weighted by atomic mass is 32.1. The Balaban J connectivity index is 1.57. The summed E-state index contributed by atoms with van der Waals surface area (Å²) in [5.74, 6) is -1.95. The highest BCUT2D eigenvalue weighted by Gasteiger charge is 2.34. The second-order valence-electron chi connectivity index (χ2n) is 6.06. The molecule has 0 radical (unpaired) electrons. The molecule has 2 aromatic carbocycles. The van der Waals surface area contributed by atoms with Crippen LogP contribution in [0.2, 0.25) is 0 Å². The Labute approximate surface area is 168 Å². The summed E-state index contributed by atoms with van der Waals surface area (Å²) in [6.45, 7) is 0. The van der Waals surface area contributed by atoms with Crippen LogP contribution in [0.3, 0.4) is 0 Å². The number of nitrogens with one attached hydrogen (secondary N) is 1. The molecule has 1 N–H and O–H groups in total. The van der Waals surface area contributed by atoms with E-state index in [2.05, 4.69) is 5.43 Å². The van der Waals surface area contributed by atoms with Gasteiger partial charge in [-0.25, -0.2) is 14.2 Å². The number of hydrogen-bond acceptors (Lipinski definition) is 5. The Morgan fingerprint density at radius 1 is 1.07 bits per heavy atom. The van der Waals surface area contributed by atoms with E-state index >= 15 is 0 Å². The standard InChI is InChI=1S/C21H13FN2O4S/c22-14-5-2-6-15(12-14)24-20(26)17(19(25)23-24)11-13-4-1-7-16(10-13)28-21(27)18-8-3-9-29-18/h1-12H,(H,23,25)/b17-11-. The predicted octanol–water partition coefficient (Wildman–Crippen LogP) is 3.57. The third-order valence-corrected chi connectivity index (χ3v) is 4.91. The van der Waals surface area contributed by atoms with Crippen molar-refractivity contribution >= 4 is 40.9 Å². The normalized spacial score (nSPS) is 14.9. The van der Waals surface area contributed by atoms with E-state index in [4.69, 9.17) is 4.74 Å². The lowest BCUT2D eigenvalue weighted by Gasteiger charge is -2.14. The predicted molar refractivity (Wildman–Crippen MR) is 106 cm³/mol. The van der Waals surface area contributed by atoms with Gasteiger partial charge in [0.05, 0.1) is 5.69 Å². The van der Waals surface area contributed by atoms with Gasteiger partial charge in [0.1, 0.15) is 22.0 Å². The van der Waals surface area contributed by atoms with Crippen LogP contribution in [0.15, 0.2) is 71.6 Å². The summed E-state index contributed by atoms with van der Waals surface area (Å²) in [7, 11) is 0. The van der Waals surface area contributed by atoms with Crippen LogP contribution >= 0.6 is 11.3 Å². The highest BCUT2D eigenvalue weighted by Crippen LogP contribution is 2.24. The van der Waals surface area contributed by atoms with Crippen LogP contribution in [-0.2, 0) is 9.59 Å². The van der Waals surface area contributed by atoms with Gasteiger partial charge in [-0.15, -0.1) is 11.3 Å². The lowest BCUT2D eigenvalue weighted by molar-refractivity contribution is -0.117. The molecule has 2 heterocycles. The average molecular weight is 408 g/mol. The molecule has 0 aliphatic carbocycles. The SMILES string of the molecule is O=C1NN(c2cccc(F)c2)C(=O)/C1=C\c1cccc(OC(=O)c2cccs2)c1. The van der Waals surface area contributed by atoms with Gasteiger partial charge in [-0.2, -0.15) is 0 Å². The van der Waals surface area contributed by atoms with Crippen LogP contribution in [0, 0.1) is 5.82 Å². The van der Waals surface area contributed by atoms with Crippen molar-refractivity contribution in [1.29, 1.82) is 0 Å². The zero-order valence-electron chi connectivity index (χ0n) is 14.8. The fourth-order valence-corrected chi connectivity index (χ4v) is 3.34. The van der Waals surface area contributed by atoms with E-state index in [1.807, 2.05) is 0 Å². The molecule has 144 valence electrons. The van der Waals surface area contributed by atoms with E-state index in [0.717, 1.165) is 11.1 Å². The minimum absolute atomic E-state index is 0.115. The first-order chi connectivity index (χ1) is 14.0. The Bertz CT molecular complexity index is 1140. The van der Waals surface area contributed by atoms with Crippen molar-refractivity contribution in [3.63, 3.8) is 0 Å². The second kappa shape index (κ2) is 7.69. The number of anilines is 1. The summed E-state index contributed by atoms with van der Waals surface area (Å²) in [5, 5.41) is 2.75. The highest BCUT2D eigenvalue weighted by molar-refractivity contribution is 7.12. The molecular formula is C21H13FN2O4S. The number of thiophene rings is 1. The summed E-state index contributed by atoms with van der Waals surface area (Å²) in [6, 6.07) is 15.2. The number of esters is 1. The molecule has 6 nitrogen and oxygen atoms in total. The van der Waals surface area contributed by atoms with Crippen molar-refractivity contribution in [3.8, 4) is 5.75 Å². The molecule has 3 aromatic rings. The maximum atomic E-state index is 13.4. The number of amides is 2. The van der Waals surface area contributed by atoms with Gasteiger partial charge in [0, 0.05) is 0 Å². The van der Waals surface area contributed by atoms with Crippen LogP contribution < -0.4 is 15.2 Å². The fourth-order valence-electron chi connectivity index (χ4n) is 2.74. The van der Waals surface area contributed by atoms with Gasteiger partial charge < -0.3 is 4.74 Å². The van der Waals surface area contributed by atoms with Gasteiger partial charge in [-0.1, -0.05) is 24.3 Å². The molecule has 0 spiro atoms. The minimum atomic E-state index is -0.611. The topological polar surface area (TPSA) is 75.7 Å². The summed E-state index contributed by atoms with van der Waals surface area (Å²) in [6.07, 6.45) is 1.39. The number of ether oxygens (including phenoxy) is 1. The average Bonchev–Trinajstić information content (AvgIpc) is 3.33. The Hall–Kier alpha value is -3.78. The van der Waals surface area contributed by atoms with E-state index in [9.17, 15) is 18.8 Å². The van der Waals surface area contributed by atoms with Gasteiger partial charge >= 0.3 is 5.97 Å². The molecule has 2 amide bonds. The largest absolute Gasteiger partial charge is 0.422 e. The van der Waals surface area contributed by atoms with Gasteiger partial charge in [0.2, 0.25) is 0 Å². The maximum Gasteiger partial charge on any atom is 0.353 e. The molecule has 0 saturated carbocycles. The van der Waals surface area contributed by atoms with Crippen LogP contribution in [0.5, 0.6) is 5.75 Å². The Morgan fingerprint density at radius 3 is 2.66 bits per heavy atom. The number of hydrazine groups is 1. The first-order valence-electron chi connectivity index (χ1n) is 8.50. The number of carbonyl (C=O) groups excluding carboxylic acids is 3.